The minimum Gasteiger partial charge on any atom is -0.672 e. The standard InChI is InChI=1S/C24H26N3O.Li/c1-4-16(2)22-23-19(18-12-8-9-13-21(18)27(23)3)14-20(26-22)24(28)25-15-17-10-6-5-7-11-17;/h5-14,16,22H,4,15H2,1-3H3,(H,25,28);/q-1;+1. The molecule has 0 aliphatic carbocycles. The van der Waals surface area contributed by atoms with Gasteiger partial charge >= 0.3 is 18.9 Å². The third-order valence-electron chi connectivity index (χ3n) is 5.74. The fourth-order valence-electron chi connectivity index (χ4n) is 3.95. The number of benzene rings is 2. The van der Waals surface area contributed by atoms with Crippen LogP contribution in [-0.4, -0.2) is 10.5 Å². The second kappa shape index (κ2) is 8.94. The normalized spacial score (nSPS) is 16.2. The SMILES string of the molecule is CCC(C)C1[N-]C(C(=O)NCc2ccccc2)=Cc2c1n(C)c1ccccc21.[Li+]. The van der Waals surface area contributed by atoms with Crippen LogP contribution in [0, 0.1) is 5.92 Å². The van der Waals surface area contributed by atoms with E-state index in [0.29, 0.717) is 18.2 Å². The molecule has 1 aliphatic rings. The maximum absolute atomic E-state index is 12.9. The number of hydrogen-bond acceptors (Lipinski definition) is 1. The van der Waals surface area contributed by atoms with Crippen molar-refractivity contribution in [3.8, 4) is 0 Å². The quantitative estimate of drug-likeness (QED) is 0.680. The Labute approximate surface area is 184 Å². The Balaban J connectivity index is 0.00000240. The van der Waals surface area contributed by atoms with Crippen molar-refractivity contribution in [2.45, 2.75) is 32.9 Å². The molecular weight excluding hydrogens is 353 g/mol. The molecule has 0 saturated heterocycles. The topological polar surface area (TPSA) is 48.1 Å². The molecular formula is C24H26LiN3O. The molecule has 144 valence electrons. The van der Waals surface area contributed by atoms with Gasteiger partial charge in [-0.15, -0.1) is 0 Å². The van der Waals surface area contributed by atoms with Gasteiger partial charge in [0.2, 0.25) is 5.91 Å². The van der Waals surface area contributed by atoms with E-state index in [4.69, 9.17) is 5.32 Å². The fraction of sp³-hybridized carbons (Fsp3) is 0.292. The molecule has 0 radical (unpaired) electrons. The Morgan fingerprint density at radius 1 is 1.14 bits per heavy atom. The third-order valence-corrected chi connectivity index (χ3v) is 5.74. The summed E-state index contributed by atoms with van der Waals surface area (Å²) in [6, 6.07) is 18.3. The van der Waals surface area contributed by atoms with Crippen LogP contribution in [0.5, 0.6) is 0 Å². The molecule has 2 unspecified atom stereocenters. The van der Waals surface area contributed by atoms with E-state index >= 15 is 0 Å². The summed E-state index contributed by atoms with van der Waals surface area (Å²) in [7, 11) is 2.10. The van der Waals surface area contributed by atoms with E-state index in [2.05, 4.69) is 55.0 Å². The van der Waals surface area contributed by atoms with Gasteiger partial charge in [0.1, 0.15) is 0 Å². The van der Waals surface area contributed by atoms with E-state index in [1.54, 1.807) is 0 Å². The van der Waals surface area contributed by atoms with Crippen molar-refractivity contribution in [2.75, 3.05) is 0 Å². The van der Waals surface area contributed by atoms with Crippen molar-refractivity contribution >= 4 is 22.9 Å². The molecule has 29 heavy (non-hydrogen) atoms. The average molecular weight is 379 g/mol. The molecule has 0 fully saturated rings. The third kappa shape index (κ3) is 4.01. The summed E-state index contributed by atoms with van der Waals surface area (Å²) in [6.07, 6.45) is 2.96. The molecule has 0 bridgehead atoms. The maximum atomic E-state index is 12.9. The largest absolute Gasteiger partial charge is 1.00 e. The predicted octanol–water partition coefficient (Wildman–Crippen LogP) is 2.31. The van der Waals surface area contributed by atoms with Gasteiger partial charge in [-0.2, -0.15) is 0 Å². The van der Waals surface area contributed by atoms with Crippen LogP contribution >= 0.6 is 0 Å². The molecule has 2 atom stereocenters. The molecule has 0 saturated carbocycles. The number of aromatic nitrogens is 1. The molecule has 1 aliphatic heterocycles. The van der Waals surface area contributed by atoms with Gasteiger partial charge in [0.25, 0.3) is 0 Å². The van der Waals surface area contributed by atoms with E-state index in [0.717, 1.165) is 17.5 Å². The average Bonchev–Trinajstić information content (AvgIpc) is 3.04. The van der Waals surface area contributed by atoms with Gasteiger partial charge in [0, 0.05) is 35.8 Å². The molecule has 1 amide bonds. The maximum Gasteiger partial charge on any atom is 1.00 e. The van der Waals surface area contributed by atoms with Crippen LogP contribution in [-0.2, 0) is 18.4 Å². The van der Waals surface area contributed by atoms with Crippen molar-refractivity contribution in [1.29, 1.82) is 0 Å². The Bertz CT molecular complexity index is 1040. The van der Waals surface area contributed by atoms with E-state index < -0.39 is 0 Å². The van der Waals surface area contributed by atoms with Gasteiger partial charge in [-0.25, -0.2) is 0 Å². The van der Waals surface area contributed by atoms with Crippen molar-refractivity contribution in [2.24, 2.45) is 13.0 Å². The van der Waals surface area contributed by atoms with Crippen LogP contribution in [0.3, 0.4) is 0 Å². The summed E-state index contributed by atoms with van der Waals surface area (Å²) in [4.78, 5) is 12.9. The Hall–Kier alpha value is -2.41. The summed E-state index contributed by atoms with van der Waals surface area (Å²) in [6.45, 7) is 4.89. The van der Waals surface area contributed by atoms with Gasteiger partial charge in [-0.1, -0.05) is 92.5 Å². The number of fused-ring (bicyclic) bond motifs is 3. The molecule has 4 nitrogen and oxygen atoms in total. The molecule has 1 N–H and O–H groups in total. The summed E-state index contributed by atoms with van der Waals surface area (Å²) < 4.78 is 2.24. The molecule has 4 rings (SSSR count). The minimum atomic E-state index is -0.115. The van der Waals surface area contributed by atoms with Gasteiger partial charge in [-0.3, -0.25) is 4.79 Å². The smallest absolute Gasteiger partial charge is 0.672 e. The zero-order valence-electron chi connectivity index (χ0n) is 17.6. The number of aryl methyl sites for hydroxylation is 1. The number of carbonyl (C=O) groups is 1. The van der Waals surface area contributed by atoms with Crippen molar-refractivity contribution in [3.05, 3.63) is 82.4 Å². The minimum absolute atomic E-state index is 0. The number of carbonyl (C=O) groups excluding carboxylic acids is 1. The summed E-state index contributed by atoms with van der Waals surface area (Å²) >= 11 is 0. The first kappa shape index (κ1) is 21.3. The monoisotopic (exact) mass is 379 g/mol. The summed E-state index contributed by atoms with van der Waals surface area (Å²) in [5.41, 5.74) is 5.11. The van der Waals surface area contributed by atoms with E-state index in [1.807, 2.05) is 36.4 Å². The molecule has 5 heteroatoms. The molecule has 2 heterocycles. The van der Waals surface area contributed by atoms with Crippen molar-refractivity contribution < 1.29 is 23.7 Å². The van der Waals surface area contributed by atoms with E-state index in [9.17, 15) is 4.79 Å². The summed E-state index contributed by atoms with van der Waals surface area (Å²) in [5.74, 6) is 0.239. The Morgan fingerprint density at radius 2 is 1.83 bits per heavy atom. The van der Waals surface area contributed by atoms with Crippen LogP contribution < -0.4 is 24.2 Å². The molecule has 1 aromatic heterocycles. The second-order valence-corrected chi connectivity index (χ2v) is 7.53. The van der Waals surface area contributed by atoms with Gasteiger partial charge in [0.15, 0.2) is 0 Å². The van der Waals surface area contributed by atoms with Gasteiger partial charge < -0.3 is 15.2 Å². The number of para-hydroxylation sites is 1. The number of amides is 1. The number of nitrogens with zero attached hydrogens (tertiary/aromatic N) is 2. The first-order valence-corrected chi connectivity index (χ1v) is 9.92. The van der Waals surface area contributed by atoms with Crippen LogP contribution in [0.25, 0.3) is 22.3 Å². The van der Waals surface area contributed by atoms with Crippen LogP contribution in [0.2, 0.25) is 0 Å². The van der Waals surface area contributed by atoms with Crippen LogP contribution in [0.4, 0.5) is 0 Å². The van der Waals surface area contributed by atoms with Crippen LogP contribution in [0.15, 0.2) is 60.3 Å². The molecule has 0 spiro atoms. The number of nitrogens with one attached hydrogen (secondary N) is 1. The molecule has 3 aromatic rings. The van der Waals surface area contributed by atoms with Crippen molar-refractivity contribution in [3.63, 3.8) is 0 Å². The zero-order chi connectivity index (χ0) is 19.7. The first-order valence-electron chi connectivity index (χ1n) is 9.92. The Morgan fingerprint density at radius 3 is 2.55 bits per heavy atom. The zero-order valence-corrected chi connectivity index (χ0v) is 17.6. The van der Waals surface area contributed by atoms with Crippen LogP contribution in [0.1, 0.15) is 43.1 Å². The second-order valence-electron chi connectivity index (χ2n) is 7.53. The number of hydrogen-bond donors (Lipinski definition) is 1. The fourth-order valence-corrected chi connectivity index (χ4v) is 3.95. The van der Waals surface area contributed by atoms with Gasteiger partial charge in [0.05, 0.1) is 0 Å². The summed E-state index contributed by atoms with van der Waals surface area (Å²) in [5, 5.41) is 9.09. The van der Waals surface area contributed by atoms with Gasteiger partial charge in [-0.05, 0) is 11.6 Å². The number of rotatable bonds is 5. The molecule has 2 aromatic carbocycles. The first-order chi connectivity index (χ1) is 13.6. The Kier molecular flexibility index (Phi) is 6.57. The van der Waals surface area contributed by atoms with Crippen molar-refractivity contribution in [1.82, 2.24) is 9.88 Å². The van der Waals surface area contributed by atoms with E-state index in [1.165, 1.54) is 16.6 Å². The predicted molar refractivity (Wildman–Crippen MR) is 115 cm³/mol. The van der Waals surface area contributed by atoms with E-state index in [-0.39, 0.29) is 30.8 Å².